The normalized spacial score (nSPS) is 20.3. The van der Waals surface area contributed by atoms with Crippen LogP contribution in [0.3, 0.4) is 0 Å². The summed E-state index contributed by atoms with van der Waals surface area (Å²) in [6.45, 7) is 18.1. The minimum absolute atomic E-state index is 0.195. The third kappa shape index (κ3) is 15.5. The first-order chi connectivity index (χ1) is 12.0. The number of aliphatic imine (C=N–C) groups is 1. The van der Waals surface area contributed by atoms with Gasteiger partial charge in [-0.15, -0.1) is 0 Å². The summed E-state index contributed by atoms with van der Waals surface area (Å²) in [5, 5.41) is 0. The van der Waals surface area contributed by atoms with Crippen LogP contribution in [0, 0.1) is 5.92 Å². The summed E-state index contributed by atoms with van der Waals surface area (Å²) in [6, 6.07) is 0.311. The lowest BCUT2D eigenvalue weighted by Gasteiger charge is -2.22. The molecule has 3 atom stereocenters. The second-order valence-corrected chi connectivity index (χ2v) is 5.98. The molecule has 1 heterocycles. The van der Waals surface area contributed by atoms with E-state index >= 15 is 0 Å². The minimum Gasteiger partial charge on any atom is -0.463 e. The molecule has 0 saturated carbocycles. The Morgan fingerprint density at radius 3 is 2.12 bits per heavy atom. The van der Waals surface area contributed by atoms with Gasteiger partial charge in [-0.3, -0.25) is 0 Å². The fraction of sp³-hybridized carbons (Fsp3) is 0.950. The Kier molecular flexibility index (Phi) is 23.4. The summed E-state index contributed by atoms with van der Waals surface area (Å²) in [4.78, 5) is 4.32. The summed E-state index contributed by atoms with van der Waals surface area (Å²) in [6.07, 6.45) is 7.67. The van der Waals surface area contributed by atoms with Crippen LogP contribution in [0.5, 0.6) is 0 Å². The van der Waals surface area contributed by atoms with E-state index in [0.29, 0.717) is 18.7 Å². The van der Waals surface area contributed by atoms with Gasteiger partial charge in [0.25, 0.3) is 6.02 Å². The Balaban J connectivity index is -0.000000725. The monoisotopic (exact) mass is 378 g/mol. The second kappa shape index (κ2) is 19.9. The second-order valence-electron chi connectivity index (χ2n) is 5.98. The third-order valence-corrected chi connectivity index (χ3v) is 4.04. The molecule has 0 amide bonds. The molecule has 2 N–H and O–H groups in total. The van der Waals surface area contributed by atoms with Crippen molar-refractivity contribution < 1.29 is 9.47 Å². The van der Waals surface area contributed by atoms with Crippen LogP contribution in [0.1, 0.15) is 87.5 Å². The third-order valence-electron chi connectivity index (χ3n) is 4.04. The van der Waals surface area contributed by atoms with Gasteiger partial charge in [0.15, 0.2) is 0 Å². The summed E-state index contributed by atoms with van der Waals surface area (Å²) in [5.74, 6) is 0.794. The van der Waals surface area contributed by atoms with E-state index in [2.05, 4.69) is 45.3 Å². The van der Waals surface area contributed by atoms with Crippen molar-refractivity contribution in [2.24, 2.45) is 16.6 Å². The van der Waals surface area contributed by atoms with E-state index in [0.717, 1.165) is 31.8 Å². The van der Waals surface area contributed by atoms with Crippen molar-refractivity contribution in [2.75, 3.05) is 19.5 Å². The Morgan fingerprint density at radius 1 is 1.16 bits per heavy atom. The molecule has 0 aromatic carbocycles. The predicted octanol–water partition coefficient (Wildman–Crippen LogP) is 5.70. The van der Waals surface area contributed by atoms with Crippen molar-refractivity contribution in [1.29, 1.82) is 0 Å². The summed E-state index contributed by atoms with van der Waals surface area (Å²) < 4.78 is 11.2. The molecule has 154 valence electrons. The van der Waals surface area contributed by atoms with Crippen LogP contribution < -0.4 is 5.73 Å². The van der Waals surface area contributed by atoms with E-state index in [9.17, 15) is 0 Å². The van der Waals surface area contributed by atoms with E-state index in [1.807, 2.05) is 27.7 Å². The highest BCUT2D eigenvalue weighted by atomic mass is 32.1. The van der Waals surface area contributed by atoms with Crippen LogP contribution in [-0.2, 0) is 9.47 Å². The largest absolute Gasteiger partial charge is 0.463 e. The first-order valence-corrected chi connectivity index (χ1v) is 10.9. The smallest absolute Gasteiger partial charge is 0.282 e. The Bertz CT molecular complexity index is 301. The molecular weight excluding hydrogens is 332 g/mol. The maximum absolute atomic E-state index is 5.98. The van der Waals surface area contributed by atoms with Gasteiger partial charge in [-0.05, 0) is 44.8 Å². The van der Waals surface area contributed by atoms with Crippen molar-refractivity contribution in [1.82, 2.24) is 0 Å². The topological polar surface area (TPSA) is 56.8 Å². The van der Waals surface area contributed by atoms with Crippen LogP contribution in [0.2, 0.25) is 0 Å². The first-order valence-electron chi connectivity index (χ1n) is 10.0. The van der Waals surface area contributed by atoms with Crippen LogP contribution >= 0.6 is 12.6 Å². The average molecular weight is 379 g/mol. The fourth-order valence-corrected chi connectivity index (χ4v) is 2.21. The molecule has 3 unspecified atom stereocenters. The molecule has 0 spiro atoms. The lowest BCUT2D eigenvalue weighted by Crippen LogP contribution is -2.27. The lowest BCUT2D eigenvalue weighted by molar-refractivity contribution is 0.0297. The van der Waals surface area contributed by atoms with Crippen molar-refractivity contribution >= 4 is 18.7 Å². The highest BCUT2D eigenvalue weighted by molar-refractivity contribution is 7.79. The zero-order valence-corrected chi connectivity index (χ0v) is 19.3. The molecule has 4 nitrogen and oxygen atoms in total. The molecule has 5 heteroatoms. The maximum Gasteiger partial charge on any atom is 0.282 e. The number of ether oxygens (including phenoxy) is 2. The van der Waals surface area contributed by atoms with Crippen molar-refractivity contribution in [3.05, 3.63) is 0 Å². The Morgan fingerprint density at radius 2 is 1.72 bits per heavy atom. The van der Waals surface area contributed by atoms with Crippen LogP contribution in [0.4, 0.5) is 0 Å². The highest BCUT2D eigenvalue weighted by Gasteiger charge is 2.30. The predicted molar refractivity (Wildman–Crippen MR) is 117 cm³/mol. The zero-order valence-electron chi connectivity index (χ0n) is 18.4. The van der Waals surface area contributed by atoms with E-state index < -0.39 is 0 Å². The van der Waals surface area contributed by atoms with E-state index in [1.54, 1.807) is 6.26 Å². The number of nitrogens with two attached hydrogens (primary N) is 1. The molecule has 0 aliphatic carbocycles. The SMILES string of the molecule is CC.CC.CCC(C)CCC(CC)OCCC1(C)COC(N)=N1.CS. The molecule has 0 aromatic rings. The van der Waals surface area contributed by atoms with Crippen LogP contribution in [0.15, 0.2) is 4.99 Å². The van der Waals surface area contributed by atoms with Gasteiger partial charge in [-0.1, -0.05) is 54.9 Å². The number of amidine groups is 1. The fourth-order valence-electron chi connectivity index (χ4n) is 2.21. The van der Waals surface area contributed by atoms with Crippen molar-refractivity contribution in [3.8, 4) is 0 Å². The van der Waals surface area contributed by atoms with Crippen LogP contribution in [0.25, 0.3) is 0 Å². The molecule has 1 aliphatic rings. The standard InChI is InChI=1S/C15H30N2O2.2C2H6.CH4S/c1-5-12(3)7-8-13(6-2)18-10-9-15(4)11-19-14(16)17-15;3*1-2/h12-13H,5-11H2,1-4H3,(H2,16,17);2*1-2H3;2H,1H3. The number of thiol groups is 1. The van der Waals surface area contributed by atoms with Crippen LogP contribution in [-0.4, -0.2) is 37.1 Å². The number of nitrogens with zero attached hydrogens (tertiary/aromatic N) is 1. The summed E-state index contributed by atoms with van der Waals surface area (Å²) in [7, 11) is 0. The van der Waals surface area contributed by atoms with Gasteiger partial charge in [0.05, 0.1) is 11.6 Å². The van der Waals surface area contributed by atoms with Gasteiger partial charge >= 0.3 is 0 Å². The molecule has 0 bridgehead atoms. The van der Waals surface area contributed by atoms with Gasteiger partial charge < -0.3 is 15.2 Å². The first kappa shape index (κ1) is 29.3. The lowest BCUT2D eigenvalue weighted by atomic mass is 9.99. The van der Waals surface area contributed by atoms with E-state index in [4.69, 9.17) is 15.2 Å². The van der Waals surface area contributed by atoms with Gasteiger partial charge in [-0.25, -0.2) is 4.99 Å². The number of hydrogen-bond acceptors (Lipinski definition) is 5. The van der Waals surface area contributed by atoms with Crippen molar-refractivity contribution in [2.45, 2.75) is 99.1 Å². The Hall–Kier alpha value is -0.420. The van der Waals surface area contributed by atoms with Crippen molar-refractivity contribution in [3.63, 3.8) is 0 Å². The van der Waals surface area contributed by atoms with E-state index in [1.165, 1.54) is 12.8 Å². The van der Waals surface area contributed by atoms with Gasteiger partial charge in [0, 0.05) is 6.61 Å². The molecule has 25 heavy (non-hydrogen) atoms. The zero-order chi connectivity index (χ0) is 20.3. The molecule has 0 fully saturated rings. The quantitative estimate of drug-likeness (QED) is 0.506. The molecule has 1 aliphatic heterocycles. The number of hydrogen-bond donors (Lipinski definition) is 2. The molecule has 0 saturated heterocycles. The van der Waals surface area contributed by atoms with Gasteiger partial charge in [0.1, 0.15) is 6.61 Å². The van der Waals surface area contributed by atoms with E-state index in [-0.39, 0.29) is 5.54 Å². The highest BCUT2D eigenvalue weighted by Crippen LogP contribution is 2.22. The summed E-state index contributed by atoms with van der Waals surface area (Å²) >= 11 is 3.53. The molecular formula is C20H46N2O2S. The van der Waals surface area contributed by atoms with Gasteiger partial charge in [-0.2, -0.15) is 12.6 Å². The van der Waals surface area contributed by atoms with Gasteiger partial charge in [0.2, 0.25) is 0 Å². The molecule has 1 rings (SSSR count). The summed E-state index contributed by atoms with van der Waals surface area (Å²) in [5.41, 5.74) is 5.36. The number of rotatable bonds is 9. The maximum atomic E-state index is 5.98. The molecule has 0 aromatic heterocycles. The average Bonchev–Trinajstić information content (AvgIpc) is 3.01. The Labute approximate surface area is 163 Å². The minimum atomic E-state index is -0.195. The molecule has 0 radical (unpaired) electrons.